The van der Waals surface area contributed by atoms with Gasteiger partial charge in [-0.05, 0) is 28.8 Å². The third kappa shape index (κ3) is 6.16. The second-order valence-corrected chi connectivity index (χ2v) is 10.2. The van der Waals surface area contributed by atoms with Crippen LogP contribution >= 0.6 is 34.9 Å². The van der Waals surface area contributed by atoms with E-state index < -0.39 is 0 Å². The summed E-state index contributed by atoms with van der Waals surface area (Å²) >= 11 is 4.54. The molecule has 1 heterocycles. The van der Waals surface area contributed by atoms with Gasteiger partial charge in [0.2, 0.25) is 0 Å². The summed E-state index contributed by atoms with van der Waals surface area (Å²) < 4.78 is 1.67. The molecule has 156 valence electrons. The third-order valence-corrected chi connectivity index (χ3v) is 7.66. The second-order valence-electron chi connectivity index (χ2n) is 6.75. The number of amides is 1. The van der Waals surface area contributed by atoms with E-state index in [-0.39, 0.29) is 11.7 Å². The number of aryl methyl sites for hydroxylation is 1. The van der Waals surface area contributed by atoms with Crippen molar-refractivity contribution >= 4 is 57.8 Å². The lowest BCUT2D eigenvalue weighted by Gasteiger charge is -2.04. The zero-order valence-electron chi connectivity index (χ0n) is 16.8. The Morgan fingerprint density at radius 2 is 1.74 bits per heavy atom. The molecule has 4 rings (SSSR count). The molecule has 4 aromatic rings. The molecule has 0 radical (unpaired) electrons. The van der Waals surface area contributed by atoms with Crippen LogP contribution in [-0.2, 0) is 10.5 Å². The van der Waals surface area contributed by atoms with Gasteiger partial charge in [-0.3, -0.25) is 4.79 Å². The zero-order chi connectivity index (χ0) is 21.5. The Balaban J connectivity index is 1.25. The first kappa shape index (κ1) is 21.5. The summed E-state index contributed by atoms with van der Waals surface area (Å²) in [6, 6.07) is 22.7. The van der Waals surface area contributed by atoms with Gasteiger partial charge in [-0.1, -0.05) is 107 Å². The summed E-state index contributed by atoms with van der Waals surface area (Å²) in [6.07, 6.45) is 1.63. The Kier molecular flexibility index (Phi) is 7.35. The fourth-order valence-electron chi connectivity index (χ4n) is 2.86. The number of hydrogen-bond acceptors (Lipinski definition) is 7. The van der Waals surface area contributed by atoms with E-state index in [1.807, 2.05) is 31.2 Å². The number of benzene rings is 3. The van der Waals surface area contributed by atoms with Crippen molar-refractivity contribution in [2.24, 2.45) is 5.10 Å². The molecule has 5 nitrogen and oxygen atoms in total. The number of carbonyl (C=O) groups excluding carboxylic acids is 1. The average Bonchev–Trinajstić information content (AvgIpc) is 3.25. The van der Waals surface area contributed by atoms with Crippen LogP contribution in [-0.4, -0.2) is 28.1 Å². The SMILES string of the molecule is Cc1ccc(/C=N\NC(=O)CSc2nnc(SCc3cccc4ccccc34)s2)cc1. The summed E-state index contributed by atoms with van der Waals surface area (Å²) in [7, 11) is 0. The molecule has 0 spiro atoms. The van der Waals surface area contributed by atoms with E-state index in [1.165, 1.54) is 45.0 Å². The Bertz CT molecular complexity index is 1200. The zero-order valence-corrected chi connectivity index (χ0v) is 19.3. The van der Waals surface area contributed by atoms with Crippen LogP contribution in [0, 0.1) is 6.92 Å². The van der Waals surface area contributed by atoms with Crippen molar-refractivity contribution in [2.45, 2.75) is 21.4 Å². The molecule has 3 aromatic carbocycles. The molecule has 1 N–H and O–H groups in total. The van der Waals surface area contributed by atoms with Gasteiger partial charge in [0, 0.05) is 5.75 Å². The van der Waals surface area contributed by atoms with Crippen LogP contribution in [0.25, 0.3) is 10.8 Å². The molecule has 0 saturated heterocycles. The van der Waals surface area contributed by atoms with Crippen LogP contribution in [0.2, 0.25) is 0 Å². The number of hydrazone groups is 1. The monoisotopic (exact) mass is 464 g/mol. The maximum atomic E-state index is 12.0. The normalized spacial score (nSPS) is 11.3. The number of rotatable bonds is 8. The number of nitrogens with zero attached hydrogens (tertiary/aromatic N) is 3. The van der Waals surface area contributed by atoms with E-state index in [0.29, 0.717) is 0 Å². The minimum Gasteiger partial charge on any atom is -0.272 e. The predicted molar refractivity (Wildman–Crippen MR) is 131 cm³/mol. The van der Waals surface area contributed by atoms with Gasteiger partial charge in [-0.25, -0.2) is 5.43 Å². The van der Waals surface area contributed by atoms with Crippen LogP contribution in [0.4, 0.5) is 0 Å². The van der Waals surface area contributed by atoms with Crippen LogP contribution < -0.4 is 5.43 Å². The number of thioether (sulfide) groups is 2. The molecular formula is C23H20N4OS3. The molecule has 8 heteroatoms. The van der Waals surface area contributed by atoms with Gasteiger partial charge in [-0.15, -0.1) is 10.2 Å². The summed E-state index contributed by atoms with van der Waals surface area (Å²) in [5.74, 6) is 0.899. The highest BCUT2D eigenvalue weighted by Crippen LogP contribution is 2.32. The van der Waals surface area contributed by atoms with Crippen molar-refractivity contribution in [1.29, 1.82) is 0 Å². The molecule has 0 fully saturated rings. The van der Waals surface area contributed by atoms with Gasteiger partial charge in [0.1, 0.15) is 0 Å². The maximum absolute atomic E-state index is 12.0. The van der Waals surface area contributed by atoms with Gasteiger partial charge < -0.3 is 0 Å². The first-order valence-corrected chi connectivity index (χ1v) is 12.4. The quantitative estimate of drug-likeness (QED) is 0.211. The molecule has 0 atom stereocenters. The van der Waals surface area contributed by atoms with Crippen LogP contribution in [0.1, 0.15) is 16.7 Å². The fraction of sp³-hybridized carbons (Fsp3) is 0.130. The van der Waals surface area contributed by atoms with Gasteiger partial charge in [0.05, 0.1) is 12.0 Å². The smallest absolute Gasteiger partial charge is 0.250 e. The van der Waals surface area contributed by atoms with E-state index in [4.69, 9.17) is 0 Å². The summed E-state index contributed by atoms with van der Waals surface area (Å²) in [5.41, 5.74) is 5.95. The largest absolute Gasteiger partial charge is 0.272 e. The summed E-state index contributed by atoms with van der Waals surface area (Å²) in [6.45, 7) is 2.03. The van der Waals surface area contributed by atoms with E-state index in [2.05, 4.69) is 63.2 Å². The van der Waals surface area contributed by atoms with Crippen LogP contribution in [0.3, 0.4) is 0 Å². The summed E-state index contributed by atoms with van der Waals surface area (Å²) in [4.78, 5) is 12.0. The molecule has 0 aliphatic carbocycles. The Morgan fingerprint density at radius 1 is 1.00 bits per heavy atom. The first-order valence-electron chi connectivity index (χ1n) is 9.62. The van der Waals surface area contributed by atoms with Gasteiger partial charge in [-0.2, -0.15) is 5.10 Å². The fourth-order valence-corrected chi connectivity index (χ4v) is 5.68. The Morgan fingerprint density at radius 3 is 2.58 bits per heavy atom. The van der Waals surface area contributed by atoms with Gasteiger partial charge >= 0.3 is 0 Å². The lowest BCUT2D eigenvalue weighted by molar-refractivity contribution is -0.118. The topological polar surface area (TPSA) is 67.2 Å². The Hall–Kier alpha value is -2.68. The second kappa shape index (κ2) is 10.6. The molecule has 1 aromatic heterocycles. The van der Waals surface area contributed by atoms with E-state index in [1.54, 1.807) is 18.0 Å². The van der Waals surface area contributed by atoms with E-state index in [0.717, 1.165) is 20.0 Å². The minimum absolute atomic E-state index is 0.173. The standard InChI is InChI=1S/C23H20N4OS3/c1-16-9-11-17(12-10-16)13-24-25-21(28)15-30-23-27-26-22(31-23)29-14-19-7-4-6-18-5-2-3-8-20(18)19/h2-13H,14-15H2,1H3,(H,25,28)/b24-13-. The minimum atomic E-state index is -0.173. The highest BCUT2D eigenvalue weighted by Gasteiger charge is 2.09. The molecule has 0 aliphatic heterocycles. The van der Waals surface area contributed by atoms with Crippen LogP contribution in [0.15, 0.2) is 80.5 Å². The lowest BCUT2D eigenvalue weighted by atomic mass is 10.1. The van der Waals surface area contributed by atoms with E-state index >= 15 is 0 Å². The number of carbonyl (C=O) groups is 1. The number of aromatic nitrogens is 2. The van der Waals surface area contributed by atoms with E-state index in [9.17, 15) is 4.79 Å². The van der Waals surface area contributed by atoms with Crippen molar-refractivity contribution in [3.63, 3.8) is 0 Å². The van der Waals surface area contributed by atoms with Gasteiger partial charge in [0.15, 0.2) is 8.68 Å². The third-order valence-electron chi connectivity index (χ3n) is 4.43. The van der Waals surface area contributed by atoms with Crippen molar-refractivity contribution < 1.29 is 4.79 Å². The maximum Gasteiger partial charge on any atom is 0.250 e. The number of fused-ring (bicyclic) bond motifs is 1. The molecule has 1 amide bonds. The molecule has 0 aliphatic rings. The first-order chi connectivity index (χ1) is 15.2. The average molecular weight is 465 g/mol. The predicted octanol–water partition coefficient (Wildman–Crippen LogP) is 5.53. The highest BCUT2D eigenvalue weighted by atomic mass is 32.2. The molecular weight excluding hydrogens is 444 g/mol. The molecule has 0 saturated carbocycles. The van der Waals surface area contributed by atoms with Crippen molar-refractivity contribution in [3.8, 4) is 0 Å². The Labute approximate surface area is 193 Å². The van der Waals surface area contributed by atoms with Crippen molar-refractivity contribution in [2.75, 3.05) is 5.75 Å². The van der Waals surface area contributed by atoms with Gasteiger partial charge in [0.25, 0.3) is 5.91 Å². The number of nitrogens with one attached hydrogen (secondary N) is 1. The highest BCUT2D eigenvalue weighted by molar-refractivity contribution is 8.03. The molecule has 31 heavy (non-hydrogen) atoms. The lowest BCUT2D eigenvalue weighted by Crippen LogP contribution is -2.19. The van der Waals surface area contributed by atoms with Crippen molar-refractivity contribution in [3.05, 3.63) is 83.4 Å². The van der Waals surface area contributed by atoms with Crippen molar-refractivity contribution in [1.82, 2.24) is 15.6 Å². The number of hydrogen-bond donors (Lipinski definition) is 1. The molecule has 0 unspecified atom stereocenters. The molecule has 0 bridgehead atoms. The summed E-state index contributed by atoms with van der Waals surface area (Å²) in [5, 5.41) is 14.9. The van der Waals surface area contributed by atoms with Crippen LogP contribution in [0.5, 0.6) is 0 Å².